The lowest BCUT2D eigenvalue weighted by Gasteiger charge is -2.05. The van der Waals surface area contributed by atoms with Crippen molar-refractivity contribution in [2.45, 2.75) is 0 Å². The Balaban J connectivity index is 1.83. The molecule has 0 aliphatic carbocycles. The van der Waals surface area contributed by atoms with E-state index in [0.717, 1.165) is 5.39 Å². The number of benzene rings is 3. The summed E-state index contributed by atoms with van der Waals surface area (Å²) in [6.45, 7) is 0. The van der Waals surface area contributed by atoms with Crippen LogP contribution in [-0.4, -0.2) is 10.4 Å². The summed E-state index contributed by atoms with van der Waals surface area (Å²) in [7, 11) is 0. The summed E-state index contributed by atoms with van der Waals surface area (Å²) in [6.07, 6.45) is 1.37. The van der Waals surface area contributed by atoms with Crippen LogP contribution in [0.5, 0.6) is 11.6 Å². The Labute approximate surface area is 114 Å². The molecule has 20 heavy (non-hydrogen) atoms. The minimum absolute atomic E-state index is 0.352. The monoisotopic (exact) mass is 262 g/mol. The van der Waals surface area contributed by atoms with Gasteiger partial charge in [0.1, 0.15) is 5.75 Å². The number of rotatable bonds is 2. The van der Waals surface area contributed by atoms with Gasteiger partial charge in [0.05, 0.1) is 0 Å². The number of aromatic nitrogens is 2. The molecule has 0 spiro atoms. The minimum atomic E-state index is 0.352. The maximum atomic E-state index is 5.57. The van der Waals surface area contributed by atoms with Crippen molar-refractivity contribution in [1.29, 1.82) is 0 Å². The number of hydrogen-bond acceptors (Lipinski definition) is 4. The zero-order chi connectivity index (χ0) is 13.4. The molecular formula is C16H10N2O2. The molecule has 3 aromatic carbocycles. The quantitative estimate of drug-likeness (QED) is 0.509. The SMILES string of the molecule is c1ccc2cc3cc(Oc4conn4)ccc3cc2c1. The van der Waals surface area contributed by atoms with Gasteiger partial charge < -0.3 is 9.26 Å². The number of fused-ring (bicyclic) bond motifs is 2. The van der Waals surface area contributed by atoms with E-state index in [-0.39, 0.29) is 0 Å². The number of hydrogen-bond donors (Lipinski definition) is 0. The molecule has 1 heterocycles. The maximum absolute atomic E-state index is 5.57. The van der Waals surface area contributed by atoms with Crippen molar-refractivity contribution in [3.8, 4) is 11.6 Å². The summed E-state index contributed by atoms with van der Waals surface area (Å²) in [5.74, 6) is 1.06. The fourth-order valence-electron chi connectivity index (χ4n) is 2.30. The summed E-state index contributed by atoms with van der Waals surface area (Å²) in [5, 5.41) is 11.8. The Morgan fingerprint density at radius 1 is 0.800 bits per heavy atom. The molecule has 0 N–H and O–H groups in total. The lowest BCUT2D eigenvalue weighted by atomic mass is 10.0. The van der Waals surface area contributed by atoms with Crippen molar-refractivity contribution in [2.75, 3.05) is 0 Å². The van der Waals surface area contributed by atoms with Crippen LogP contribution in [0.4, 0.5) is 0 Å². The molecule has 0 aliphatic rings. The second kappa shape index (κ2) is 4.35. The largest absolute Gasteiger partial charge is 0.435 e. The van der Waals surface area contributed by atoms with Crippen molar-refractivity contribution in [2.24, 2.45) is 0 Å². The molecule has 0 saturated carbocycles. The molecule has 0 atom stereocenters. The van der Waals surface area contributed by atoms with E-state index < -0.39 is 0 Å². The van der Waals surface area contributed by atoms with Crippen LogP contribution in [0.15, 0.2) is 65.4 Å². The zero-order valence-corrected chi connectivity index (χ0v) is 10.5. The van der Waals surface area contributed by atoms with Gasteiger partial charge in [-0.25, -0.2) is 0 Å². The van der Waals surface area contributed by atoms with Crippen molar-refractivity contribution in [3.63, 3.8) is 0 Å². The summed E-state index contributed by atoms with van der Waals surface area (Å²) < 4.78 is 10.2. The van der Waals surface area contributed by atoms with Crippen LogP contribution in [-0.2, 0) is 0 Å². The standard InChI is InChI=1S/C16H10N2O2/c1-2-4-12-8-14-9-15(20-16-10-19-18-17-16)6-5-13(14)7-11(12)3-1/h1-10H. The molecule has 0 amide bonds. The first-order valence-corrected chi connectivity index (χ1v) is 6.26. The normalized spacial score (nSPS) is 11.0. The van der Waals surface area contributed by atoms with Gasteiger partial charge in [-0.05, 0) is 45.8 Å². The molecule has 4 aromatic rings. The summed E-state index contributed by atoms with van der Waals surface area (Å²) in [5.41, 5.74) is 0. The lowest BCUT2D eigenvalue weighted by Crippen LogP contribution is -1.85. The van der Waals surface area contributed by atoms with E-state index in [4.69, 9.17) is 4.74 Å². The van der Waals surface area contributed by atoms with Crippen molar-refractivity contribution < 1.29 is 9.26 Å². The molecule has 96 valence electrons. The van der Waals surface area contributed by atoms with Gasteiger partial charge in [0.15, 0.2) is 6.26 Å². The predicted octanol–water partition coefficient (Wildman–Crippen LogP) is 4.17. The van der Waals surface area contributed by atoms with Crippen LogP contribution in [0.1, 0.15) is 0 Å². The maximum Gasteiger partial charge on any atom is 0.280 e. The van der Waals surface area contributed by atoms with Crippen LogP contribution in [0.25, 0.3) is 21.5 Å². The van der Waals surface area contributed by atoms with E-state index in [9.17, 15) is 0 Å². The van der Waals surface area contributed by atoms with Crippen molar-refractivity contribution in [3.05, 3.63) is 60.9 Å². The highest BCUT2D eigenvalue weighted by Gasteiger charge is 2.03. The molecule has 1 aromatic heterocycles. The lowest BCUT2D eigenvalue weighted by molar-refractivity contribution is 0.392. The highest BCUT2D eigenvalue weighted by atomic mass is 16.5. The van der Waals surface area contributed by atoms with Crippen molar-refractivity contribution in [1.82, 2.24) is 10.4 Å². The minimum Gasteiger partial charge on any atom is -0.435 e. The van der Waals surface area contributed by atoms with Gasteiger partial charge >= 0.3 is 0 Å². The second-order valence-electron chi connectivity index (χ2n) is 4.55. The second-order valence-corrected chi connectivity index (χ2v) is 4.55. The first kappa shape index (κ1) is 11.0. The molecule has 0 saturated heterocycles. The van der Waals surface area contributed by atoms with Gasteiger partial charge in [-0.2, -0.15) is 0 Å². The fourth-order valence-corrected chi connectivity index (χ4v) is 2.30. The third-order valence-electron chi connectivity index (χ3n) is 3.24. The van der Waals surface area contributed by atoms with Crippen LogP contribution < -0.4 is 4.74 Å². The molecule has 0 radical (unpaired) electrons. The third kappa shape index (κ3) is 1.87. The highest BCUT2D eigenvalue weighted by molar-refractivity contribution is 5.98. The zero-order valence-electron chi connectivity index (χ0n) is 10.5. The van der Waals surface area contributed by atoms with Crippen LogP contribution >= 0.6 is 0 Å². The van der Waals surface area contributed by atoms with E-state index in [1.165, 1.54) is 22.4 Å². The van der Waals surface area contributed by atoms with E-state index in [1.54, 1.807) is 0 Å². The van der Waals surface area contributed by atoms with Gasteiger partial charge in [-0.15, -0.1) is 0 Å². The van der Waals surface area contributed by atoms with Crippen molar-refractivity contribution >= 4 is 21.5 Å². The third-order valence-corrected chi connectivity index (χ3v) is 3.24. The van der Waals surface area contributed by atoms with E-state index in [1.807, 2.05) is 30.3 Å². The summed E-state index contributed by atoms with van der Waals surface area (Å²) >= 11 is 0. The average Bonchev–Trinajstić information content (AvgIpc) is 2.98. The Morgan fingerprint density at radius 2 is 1.55 bits per heavy atom. The van der Waals surface area contributed by atoms with Gasteiger partial charge in [0.25, 0.3) is 5.88 Å². The summed E-state index contributed by atoms with van der Waals surface area (Å²) in [4.78, 5) is 0. The van der Waals surface area contributed by atoms with E-state index in [2.05, 4.69) is 39.2 Å². The summed E-state index contributed by atoms with van der Waals surface area (Å²) in [6, 6.07) is 18.5. The Morgan fingerprint density at radius 3 is 2.30 bits per heavy atom. The molecule has 0 unspecified atom stereocenters. The molecule has 0 bridgehead atoms. The molecule has 0 aliphatic heterocycles. The van der Waals surface area contributed by atoms with Gasteiger partial charge in [0, 0.05) is 5.27 Å². The smallest absolute Gasteiger partial charge is 0.280 e. The van der Waals surface area contributed by atoms with Crippen LogP contribution in [0, 0.1) is 0 Å². The molecule has 4 rings (SSSR count). The fraction of sp³-hybridized carbons (Fsp3) is 0. The Kier molecular flexibility index (Phi) is 2.39. The average molecular weight is 262 g/mol. The van der Waals surface area contributed by atoms with Crippen LogP contribution in [0.3, 0.4) is 0 Å². The van der Waals surface area contributed by atoms with E-state index in [0.29, 0.717) is 11.6 Å². The Bertz CT molecular complexity index is 885. The number of ether oxygens (including phenoxy) is 1. The molecule has 0 fully saturated rings. The molecule has 4 nitrogen and oxygen atoms in total. The van der Waals surface area contributed by atoms with Gasteiger partial charge in [-0.1, -0.05) is 35.4 Å². The first-order valence-electron chi connectivity index (χ1n) is 6.26. The highest BCUT2D eigenvalue weighted by Crippen LogP contribution is 2.28. The van der Waals surface area contributed by atoms with Gasteiger partial charge in [-0.3, -0.25) is 0 Å². The topological polar surface area (TPSA) is 48.2 Å². The molecule has 4 heteroatoms. The van der Waals surface area contributed by atoms with E-state index >= 15 is 0 Å². The predicted molar refractivity (Wildman–Crippen MR) is 75.8 cm³/mol. The number of nitrogens with zero attached hydrogens (tertiary/aromatic N) is 2. The molecular weight excluding hydrogens is 252 g/mol. The van der Waals surface area contributed by atoms with Crippen LogP contribution in [0.2, 0.25) is 0 Å². The Hall–Kier alpha value is -2.88. The van der Waals surface area contributed by atoms with Gasteiger partial charge in [0.2, 0.25) is 0 Å². The first-order chi connectivity index (χ1) is 9.88.